The zero-order valence-corrected chi connectivity index (χ0v) is 9.24. The molecule has 2 aliphatic heterocycles. The Balaban J connectivity index is 1.84. The standard InChI is InChI=1S/C10H19N3O2/c1-12-3-5-13(6-4-12)10(14)9-8-11-2-7-15-9/h9,11H,2-8H2,1H3/t9-/m1/s1. The summed E-state index contributed by atoms with van der Waals surface area (Å²) in [6.07, 6.45) is -0.262. The highest BCUT2D eigenvalue weighted by atomic mass is 16.5. The molecule has 0 bridgehead atoms. The Hall–Kier alpha value is -0.650. The molecule has 0 radical (unpaired) electrons. The van der Waals surface area contributed by atoms with Crippen molar-refractivity contribution in [3.05, 3.63) is 0 Å². The maximum absolute atomic E-state index is 12.0. The van der Waals surface area contributed by atoms with Crippen molar-refractivity contribution < 1.29 is 9.53 Å². The second-order valence-corrected chi connectivity index (χ2v) is 4.19. The fraction of sp³-hybridized carbons (Fsp3) is 0.900. The average Bonchev–Trinajstić information content (AvgIpc) is 2.30. The molecular formula is C10H19N3O2. The number of ether oxygens (including phenoxy) is 1. The van der Waals surface area contributed by atoms with Crippen molar-refractivity contribution in [2.75, 3.05) is 52.9 Å². The van der Waals surface area contributed by atoms with Crippen LogP contribution in [-0.4, -0.2) is 74.7 Å². The van der Waals surface area contributed by atoms with Gasteiger partial charge >= 0.3 is 0 Å². The van der Waals surface area contributed by atoms with Crippen molar-refractivity contribution in [3.8, 4) is 0 Å². The Labute approximate surface area is 90.4 Å². The van der Waals surface area contributed by atoms with E-state index >= 15 is 0 Å². The van der Waals surface area contributed by atoms with Gasteiger partial charge < -0.3 is 19.9 Å². The molecule has 15 heavy (non-hydrogen) atoms. The van der Waals surface area contributed by atoms with E-state index in [1.54, 1.807) is 0 Å². The molecule has 2 saturated heterocycles. The Bertz CT molecular complexity index is 221. The van der Waals surface area contributed by atoms with Crippen LogP contribution in [0.5, 0.6) is 0 Å². The number of rotatable bonds is 1. The van der Waals surface area contributed by atoms with Crippen LogP contribution in [-0.2, 0) is 9.53 Å². The van der Waals surface area contributed by atoms with E-state index < -0.39 is 0 Å². The first-order valence-electron chi connectivity index (χ1n) is 5.57. The van der Waals surface area contributed by atoms with E-state index in [-0.39, 0.29) is 12.0 Å². The van der Waals surface area contributed by atoms with Crippen LogP contribution in [0.2, 0.25) is 0 Å². The Morgan fingerprint density at radius 3 is 2.67 bits per heavy atom. The molecule has 0 spiro atoms. The Morgan fingerprint density at radius 2 is 2.07 bits per heavy atom. The lowest BCUT2D eigenvalue weighted by Crippen LogP contribution is -2.54. The van der Waals surface area contributed by atoms with E-state index in [4.69, 9.17) is 4.74 Å². The van der Waals surface area contributed by atoms with Crippen LogP contribution >= 0.6 is 0 Å². The topological polar surface area (TPSA) is 44.8 Å². The third-order valence-electron chi connectivity index (χ3n) is 3.02. The predicted molar refractivity (Wildman–Crippen MR) is 56.7 cm³/mol. The minimum absolute atomic E-state index is 0.148. The van der Waals surface area contributed by atoms with Gasteiger partial charge in [-0.1, -0.05) is 0 Å². The number of amides is 1. The lowest BCUT2D eigenvalue weighted by atomic mass is 10.2. The summed E-state index contributed by atoms with van der Waals surface area (Å²) in [5.41, 5.74) is 0. The van der Waals surface area contributed by atoms with Gasteiger partial charge in [-0.15, -0.1) is 0 Å². The molecular weight excluding hydrogens is 194 g/mol. The number of hydrogen-bond acceptors (Lipinski definition) is 4. The molecule has 0 aliphatic carbocycles. The van der Waals surface area contributed by atoms with Crippen molar-refractivity contribution in [1.29, 1.82) is 0 Å². The third-order valence-corrected chi connectivity index (χ3v) is 3.02. The van der Waals surface area contributed by atoms with E-state index in [9.17, 15) is 4.79 Å². The van der Waals surface area contributed by atoms with E-state index in [0.717, 1.165) is 32.7 Å². The Morgan fingerprint density at radius 1 is 1.33 bits per heavy atom. The molecule has 0 aromatic heterocycles. The first kappa shape index (κ1) is 10.9. The molecule has 2 fully saturated rings. The SMILES string of the molecule is CN1CCN(C(=O)[C@H]2CNCCO2)CC1. The molecule has 5 nitrogen and oxygen atoms in total. The van der Waals surface area contributed by atoms with E-state index in [1.807, 2.05) is 4.90 Å². The van der Waals surface area contributed by atoms with Crippen LogP contribution < -0.4 is 5.32 Å². The summed E-state index contributed by atoms with van der Waals surface area (Å²) in [6.45, 7) is 5.74. The number of carbonyl (C=O) groups is 1. The van der Waals surface area contributed by atoms with Gasteiger partial charge in [0.1, 0.15) is 6.10 Å². The fourth-order valence-corrected chi connectivity index (χ4v) is 1.95. The lowest BCUT2D eigenvalue weighted by molar-refractivity contribution is -0.146. The van der Waals surface area contributed by atoms with Crippen molar-refractivity contribution in [2.24, 2.45) is 0 Å². The third kappa shape index (κ3) is 2.68. The largest absolute Gasteiger partial charge is 0.366 e. The van der Waals surface area contributed by atoms with Crippen LogP contribution in [0.15, 0.2) is 0 Å². The Kier molecular flexibility index (Phi) is 3.56. The van der Waals surface area contributed by atoms with Crippen LogP contribution in [0, 0.1) is 0 Å². The zero-order chi connectivity index (χ0) is 10.7. The number of nitrogens with zero attached hydrogens (tertiary/aromatic N) is 2. The van der Waals surface area contributed by atoms with Gasteiger partial charge in [-0.25, -0.2) is 0 Å². The van der Waals surface area contributed by atoms with Gasteiger partial charge in [-0.3, -0.25) is 4.79 Å². The minimum Gasteiger partial charge on any atom is -0.366 e. The molecule has 1 amide bonds. The molecule has 0 aromatic rings. The molecule has 1 atom stereocenters. The molecule has 0 saturated carbocycles. The zero-order valence-electron chi connectivity index (χ0n) is 9.24. The number of morpholine rings is 1. The molecule has 2 aliphatic rings. The number of hydrogen-bond donors (Lipinski definition) is 1. The maximum Gasteiger partial charge on any atom is 0.253 e. The van der Waals surface area contributed by atoms with Gasteiger partial charge in [0.05, 0.1) is 6.61 Å². The second kappa shape index (κ2) is 4.92. The summed E-state index contributed by atoms with van der Waals surface area (Å²) in [5.74, 6) is 0.148. The molecule has 2 rings (SSSR count). The highest BCUT2D eigenvalue weighted by molar-refractivity contribution is 5.81. The van der Waals surface area contributed by atoms with Gasteiger partial charge in [0.25, 0.3) is 5.91 Å². The van der Waals surface area contributed by atoms with Gasteiger partial charge in [0.2, 0.25) is 0 Å². The molecule has 5 heteroatoms. The van der Waals surface area contributed by atoms with Gasteiger partial charge in [-0.2, -0.15) is 0 Å². The van der Waals surface area contributed by atoms with E-state index in [1.165, 1.54) is 0 Å². The molecule has 86 valence electrons. The number of nitrogens with one attached hydrogen (secondary N) is 1. The molecule has 2 heterocycles. The maximum atomic E-state index is 12.0. The van der Waals surface area contributed by atoms with Gasteiger partial charge in [-0.05, 0) is 7.05 Å². The van der Waals surface area contributed by atoms with Crippen molar-refractivity contribution >= 4 is 5.91 Å². The molecule has 0 unspecified atom stereocenters. The van der Waals surface area contributed by atoms with Crippen LogP contribution in [0.25, 0.3) is 0 Å². The summed E-state index contributed by atoms with van der Waals surface area (Å²) in [4.78, 5) is 16.2. The monoisotopic (exact) mass is 213 g/mol. The predicted octanol–water partition coefficient (Wildman–Crippen LogP) is -1.25. The highest BCUT2D eigenvalue weighted by Crippen LogP contribution is 2.06. The summed E-state index contributed by atoms with van der Waals surface area (Å²) in [6, 6.07) is 0. The summed E-state index contributed by atoms with van der Waals surface area (Å²) in [5, 5.41) is 3.18. The lowest BCUT2D eigenvalue weighted by Gasteiger charge is -2.35. The van der Waals surface area contributed by atoms with Crippen LogP contribution in [0.4, 0.5) is 0 Å². The summed E-state index contributed by atoms with van der Waals surface area (Å²) < 4.78 is 5.45. The molecule has 1 N–H and O–H groups in total. The van der Waals surface area contributed by atoms with Gasteiger partial charge in [0.15, 0.2) is 0 Å². The first-order valence-corrected chi connectivity index (χ1v) is 5.57. The van der Waals surface area contributed by atoms with Crippen LogP contribution in [0.3, 0.4) is 0 Å². The van der Waals surface area contributed by atoms with E-state index in [0.29, 0.717) is 13.2 Å². The summed E-state index contributed by atoms with van der Waals surface area (Å²) >= 11 is 0. The normalized spacial score (nSPS) is 29.1. The highest BCUT2D eigenvalue weighted by Gasteiger charge is 2.28. The number of piperazine rings is 1. The minimum atomic E-state index is -0.262. The van der Waals surface area contributed by atoms with Gasteiger partial charge in [0, 0.05) is 39.3 Å². The first-order chi connectivity index (χ1) is 7.27. The number of likely N-dealkylation sites (N-methyl/N-ethyl adjacent to an activating group) is 1. The second-order valence-electron chi connectivity index (χ2n) is 4.19. The van der Waals surface area contributed by atoms with Crippen molar-refractivity contribution in [1.82, 2.24) is 15.1 Å². The summed E-state index contributed by atoms with van der Waals surface area (Å²) in [7, 11) is 2.08. The quantitative estimate of drug-likeness (QED) is 0.591. The number of carbonyl (C=O) groups excluding carboxylic acids is 1. The average molecular weight is 213 g/mol. The fourth-order valence-electron chi connectivity index (χ4n) is 1.95. The smallest absolute Gasteiger partial charge is 0.253 e. The van der Waals surface area contributed by atoms with Crippen molar-refractivity contribution in [2.45, 2.75) is 6.10 Å². The van der Waals surface area contributed by atoms with Crippen LogP contribution in [0.1, 0.15) is 0 Å². The van der Waals surface area contributed by atoms with Crippen molar-refractivity contribution in [3.63, 3.8) is 0 Å². The van der Waals surface area contributed by atoms with E-state index in [2.05, 4.69) is 17.3 Å². The molecule has 0 aromatic carbocycles.